The Kier molecular flexibility index (Phi) is 4.31. The number of hydrogen-bond donors (Lipinski definition) is 3. The monoisotopic (exact) mass is 246 g/mol. The normalized spacial score (nSPS) is 12.2. The van der Waals surface area contributed by atoms with E-state index < -0.39 is 10.0 Å². The molecule has 0 saturated heterocycles. The number of nitrogens with two attached hydrogens (primary N) is 1. The number of H-pyrrole nitrogens is 1. The zero-order chi connectivity index (χ0) is 12.2. The van der Waals surface area contributed by atoms with Crippen LogP contribution in [0.5, 0.6) is 0 Å². The summed E-state index contributed by atoms with van der Waals surface area (Å²) in [5, 5.41) is 6.26. The summed E-state index contributed by atoms with van der Waals surface area (Å²) in [4.78, 5) is 0. The van der Waals surface area contributed by atoms with Gasteiger partial charge in [0, 0.05) is 12.1 Å². The van der Waals surface area contributed by atoms with Crippen molar-refractivity contribution in [3.05, 3.63) is 11.8 Å². The molecule has 0 spiro atoms. The van der Waals surface area contributed by atoms with E-state index in [1.807, 2.05) is 13.8 Å². The van der Waals surface area contributed by atoms with Gasteiger partial charge in [0.15, 0.2) is 0 Å². The van der Waals surface area contributed by atoms with Crippen LogP contribution in [-0.2, 0) is 16.6 Å². The summed E-state index contributed by atoms with van der Waals surface area (Å²) < 4.78 is 25.6. The van der Waals surface area contributed by atoms with Crippen molar-refractivity contribution >= 4 is 15.8 Å². The van der Waals surface area contributed by atoms with Gasteiger partial charge in [0.1, 0.15) is 5.82 Å². The predicted molar refractivity (Wildman–Crippen MR) is 63.1 cm³/mol. The smallest absolute Gasteiger partial charge is 0.211 e. The Morgan fingerprint density at radius 3 is 2.75 bits per heavy atom. The van der Waals surface area contributed by atoms with E-state index in [-0.39, 0.29) is 12.3 Å². The minimum absolute atomic E-state index is 0.141. The summed E-state index contributed by atoms with van der Waals surface area (Å²) in [6.07, 6.45) is 2.16. The van der Waals surface area contributed by atoms with E-state index in [1.54, 1.807) is 0 Å². The van der Waals surface area contributed by atoms with Crippen LogP contribution in [0.25, 0.3) is 0 Å². The van der Waals surface area contributed by atoms with Crippen molar-refractivity contribution in [1.82, 2.24) is 14.9 Å². The fraction of sp³-hybridized carbons (Fsp3) is 0.667. The molecule has 1 rings (SSSR count). The van der Waals surface area contributed by atoms with Crippen LogP contribution in [0.1, 0.15) is 25.8 Å². The number of hydrogen-bond acceptors (Lipinski definition) is 4. The van der Waals surface area contributed by atoms with Crippen LogP contribution < -0.4 is 10.5 Å². The Morgan fingerprint density at radius 2 is 2.25 bits per heavy atom. The molecule has 0 aromatic carbocycles. The number of sulfonamides is 1. The van der Waals surface area contributed by atoms with Crippen LogP contribution in [0, 0.1) is 5.92 Å². The van der Waals surface area contributed by atoms with Crippen LogP contribution in [-0.4, -0.2) is 24.4 Å². The highest BCUT2D eigenvalue weighted by atomic mass is 32.2. The zero-order valence-corrected chi connectivity index (χ0v) is 10.3. The number of nitrogens with one attached hydrogen (secondary N) is 2. The Balaban J connectivity index is 2.45. The second-order valence-corrected chi connectivity index (χ2v) is 6.06. The van der Waals surface area contributed by atoms with Gasteiger partial charge in [-0.15, -0.1) is 0 Å². The summed E-state index contributed by atoms with van der Waals surface area (Å²) in [7, 11) is -3.22. The summed E-state index contributed by atoms with van der Waals surface area (Å²) in [6.45, 7) is 4.16. The lowest BCUT2D eigenvalue weighted by molar-refractivity contribution is 0.561. The summed E-state index contributed by atoms with van der Waals surface area (Å²) >= 11 is 0. The van der Waals surface area contributed by atoms with Crippen molar-refractivity contribution in [1.29, 1.82) is 0 Å². The van der Waals surface area contributed by atoms with Gasteiger partial charge in [0.25, 0.3) is 0 Å². The number of nitrogen functional groups attached to an aromatic ring is 1. The molecule has 7 heteroatoms. The van der Waals surface area contributed by atoms with Gasteiger partial charge in [0.2, 0.25) is 10.0 Å². The molecule has 0 aliphatic heterocycles. The third kappa shape index (κ3) is 4.19. The number of aromatic amines is 1. The summed E-state index contributed by atoms with van der Waals surface area (Å²) in [5.74, 6) is 0.907. The van der Waals surface area contributed by atoms with Gasteiger partial charge in [-0.05, 0) is 12.3 Å². The van der Waals surface area contributed by atoms with Crippen molar-refractivity contribution in [2.75, 3.05) is 11.5 Å². The van der Waals surface area contributed by atoms with Crippen LogP contribution in [0.15, 0.2) is 6.20 Å². The Morgan fingerprint density at radius 1 is 1.56 bits per heavy atom. The quantitative estimate of drug-likeness (QED) is 0.678. The number of anilines is 1. The maximum atomic E-state index is 11.6. The molecule has 6 nitrogen and oxygen atoms in total. The first-order chi connectivity index (χ1) is 7.41. The first-order valence-electron chi connectivity index (χ1n) is 5.16. The van der Waals surface area contributed by atoms with Gasteiger partial charge in [-0.1, -0.05) is 13.8 Å². The Bertz CT molecular complexity index is 424. The van der Waals surface area contributed by atoms with Crippen LogP contribution in [0.2, 0.25) is 0 Å². The summed E-state index contributed by atoms with van der Waals surface area (Å²) in [6, 6.07) is 0. The summed E-state index contributed by atoms with van der Waals surface area (Å²) in [5.41, 5.74) is 6.20. The van der Waals surface area contributed by atoms with E-state index in [1.165, 1.54) is 6.20 Å². The molecule has 0 fully saturated rings. The Labute approximate surface area is 95.7 Å². The molecule has 4 N–H and O–H groups in total. The molecule has 92 valence electrons. The topological polar surface area (TPSA) is 101 Å². The van der Waals surface area contributed by atoms with Crippen LogP contribution in [0.3, 0.4) is 0 Å². The average molecular weight is 246 g/mol. The largest absolute Gasteiger partial charge is 0.384 e. The van der Waals surface area contributed by atoms with Gasteiger partial charge in [0.05, 0.1) is 11.9 Å². The number of nitrogens with zero attached hydrogens (tertiary/aromatic N) is 1. The van der Waals surface area contributed by atoms with Gasteiger partial charge < -0.3 is 5.73 Å². The molecule has 16 heavy (non-hydrogen) atoms. The van der Waals surface area contributed by atoms with Crippen LogP contribution in [0.4, 0.5) is 5.82 Å². The van der Waals surface area contributed by atoms with Crippen molar-refractivity contribution < 1.29 is 8.42 Å². The van der Waals surface area contributed by atoms with Crippen LogP contribution >= 0.6 is 0 Å². The predicted octanol–water partition coefficient (Wildman–Crippen LogP) is 0.457. The molecule has 0 atom stereocenters. The minimum Gasteiger partial charge on any atom is -0.384 e. The van der Waals surface area contributed by atoms with Crippen molar-refractivity contribution in [3.8, 4) is 0 Å². The second kappa shape index (κ2) is 5.31. The fourth-order valence-corrected chi connectivity index (χ4v) is 2.41. The van der Waals surface area contributed by atoms with Crippen molar-refractivity contribution in [2.24, 2.45) is 5.92 Å². The van der Waals surface area contributed by atoms with Gasteiger partial charge in [-0.25, -0.2) is 13.1 Å². The van der Waals surface area contributed by atoms with E-state index in [9.17, 15) is 8.42 Å². The lowest BCUT2D eigenvalue weighted by Gasteiger charge is -2.07. The molecule has 0 unspecified atom stereocenters. The Hall–Kier alpha value is -1.08. The zero-order valence-electron chi connectivity index (χ0n) is 9.53. The highest BCUT2D eigenvalue weighted by Gasteiger charge is 2.12. The molecule has 0 saturated carbocycles. The first-order valence-corrected chi connectivity index (χ1v) is 6.81. The minimum atomic E-state index is -3.22. The fourth-order valence-electron chi connectivity index (χ4n) is 1.11. The SMILES string of the molecule is CC(C)CCS(=O)(=O)NCc1cn[nH]c1N. The lowest BCUT2D eigenvalue weighted by atomic mass is 10.2. The molecule has 1 aromatic heterocycles. The molecule has 0 bridgehead atoms. The van der Waals surface area contributed by atoms with E-state index in [0.717, 1.165) is 0 Å². The number of rotatable bonds is 6. The van der Waals surface area contributed by atoms with Gasteiger partial charge >= 0.3 is 0 Å². The van der Waals surface area contributed by atoms with Crippen molar-refractivity contribution in [2.45, 2.75) is 26.8 Å². The highest BCUT2D eigenvalue weighted by Crippen LogP contribution is 2.07. The maximum Gasteiger partial charge on any atom is 0.211 e. The van der Waals surface area contributed by atoms with Gasteiger partial charge in [-0.2, -0.15) is 5.10 Å². The molecule has 1 aromatic rings. The lowest BCUT2D eigenvalue weighted by Crippen LogP contribution is -2.26. The van der Waals surface area contributed by atoms with E-state index in [4.69, 9.17) is 5.73 Å². The molecular formula is C9H18N4O2S. The van der Waals surface area contributed by atoms with E-state index >= 15 is 0 Å². The highest BCUT2D eigenvalue weighted by molar-refractivity contribution is 7.89. The molecule has 0 amide bonds. The van der Waals surface area contributed by atoms with E-state index in [0.29, 0.717) is 23.7 Å². The standard InChI is InChI=1S/C9H18N4O2S/c1-7(2)3-4-16(14,15)12-6-8-5-11-13-9(8)10/h5,7,12H,3-4,6H2,1-2H3,(H3,10,11,13). The van der Waals surface area contributed by atoms with E-state index in [2.05, 4.69) is 14.9 Å². The molecule has 0 aliphatic rings. The first kappa shape index (κ1) is 13.0. The molecule has 1 heterocycles. The average Bonchev–Trinajstić information content (AvgIpc) is 2.59. The maximum absolute atomic E-state index is 11.6. The number of aromatic nitrogens is 2. The molecular weight excluding hydrogens is 228 g/mol. The third-order valence-corrected chi connectivity index (χ3v) is 3.56. The molecule has 0 aliphatic carbocycles. The van der Waals surface area contributed by atoms with Gasteiger partial charge in [-0.3, -0.25) is 5.10 Å². The second-order valence-electron chi connectivity index (χ2n) is 4.13. The third-order valence-electron chi connectivity index (χ3n) is 2.20. The van der Waals surface area contributed by atoms with Crippen molar-refractivity contribution in [3.63, 3.8) is 0 Å². The molecule has 0 radical (unpaired) electrons.